The number of alkyl carbamates (subject to hydrolysis) is 1. The van der Waals surface area contributed by atoms with Crippen LogP contribution in [0.2, 0.25) is 0 Å². The minimum atomic E-state index is -1.16. The lowest BCUT2D eigenvalue weighted by molar-refractivity contribution is -0.148. The molecule has 0 bridgehead atoms. The lowest BCUT2D eigenvalue weighted by Gasteiger charge is -2.43. The Morgan fingerprint density at radius 1 is 1.11 bits per heavy atom. The zero-order chi connectivity index (χ0) is 28.5. The molecule has 1 saturated carbocycles. The van der Waals surface area contributed by atoms with Gasteiger partial charge in [-0.25, -0.2) is 4.79 Å². The predicted molar refractivity (Wildman–Crippen MR) is 140 cm³/mol. The molecule has 0 aliphatic heterocycles. The van der Waals surface area contributed by atoms with Gasteiger partial charge in [0.25, 0.3) is 0 Å². The van der Waals surface area contributed by atoms with E-state index in [-0.39, 0.29) is 25.4 Å². The Hall–Kier alpha value is -3.63. The van der Waals surface area contributed by atoms with Crippen molar-refractivity contribution in [3.8, 4) is 0 Å². The van der Waals surface area contributed by atoms with Crippen LogP contribution >= 0.6 is 0 Å². The van der Waals surface area contributed by atoms with Gasteiger partial charge in [0.1, 0.15) is 24.2 Å². The Kier molecular flexibility index (Phi) is 11.1. The Morgan fingerprint density at radius 3 is 2.21 bits per heavy atom. The molecule has 1 aromatic rings. The standard InChI is InChI=1S/C27H40N4O7/c1-6-17-10-12-18(13-11-17)23(24(34)29-16-22(33)37-5)31(19-8-7-9-19)25(35)20(14-15-21(28)32)30-26(36)38-27(2,3)4/h10-13,19-20,23H,6-9,14-16H2,1-5H3,(H2,28,32)(H,29,34)(H,30,36). The molecule has 38 heavy (non-hydrogen) atoms. The van der Waals surface area contributed by atoms with Crippen LogP contribution in [0.5, 0.6) is 0 Å². The molecule has 11 nitrogen and oxygen atoms in total. The summed E-state index contributed by atoms with van der Waals surface area (Å²) in [5.74, 6) is -2.37. The molecule has 4 amide bonds. The smallest absolute Gasteiger partial charge is 0.408 e. The van der Waals surface area contributed by atoms with E-state index in [1.807, 2.05) is 19.1 Å². The van der Waals surface area contributed by atoms with Crippen molar-refractivity contribution in [2.45, 2.75) is 89.9 Å². The summed E-state index contributed by atoms with van der Waals surface area (Å²) >= 11 is 0. The van der Waals surface area contributed by atoms with Crippen LogP contribution in [0.1, 0.15) is 77.0 Å². The molecule has 2 atom stereocenters. The quantitative estimate of drug-likeness (QED) is 0.348. The van der Waals surface area contributed by atoms with Crippen LogP contribution in [0, 0.1) is 0 Å². The normalized spacial score (nSPS) is 14.9. The number of nitrogens with one attached hydrogen (secondary N) is 2. The van der Waals surface area contributed by atoms with Crippen LogP contribution in [-0.4, -0.2) is 66.0 Å². The van der Waals surface area contributed by atoms with E-state index in [2.05, 4.69) is 15.4 Å². The number of amides is 4. The third kappa shape index (κ3) is 9.04. The Balaban J connectivity index is 2.48. The molecule has 0 saturated heterocycles. The average molecular weight is 533 g/mol. The molecule has 2 rings (SSSR count). The van der Waals surface area contributed by atoms with Crippen molar-refractivity contribution in [2.75, 3.05) is 13.7 Å². The zero-order valence-electron chi connectivity index (χ0n) is 22.9. The van der Waals surface area contributed by atoms with Crippen molar-refractivity contribution in [2.24, 2.45) is 5.73 Å². The fraction of sp³-hybridized carbons (Fsp3) is 0.593. The van der Waals surface area contributed by atoms with Gasteiger partial charge in [-0.1, -0.05) is 31.2 Å². The highest BCUT2D eigenvalue weighted by Crippen LogP contribution is 2.34. The highest BCUT2D eigenvalue weighted by molar-refractivity contribution is 5.93. The van der Waals surface area contributed by atoms with Crippen LogP contribution in [0.15, 0.2) is 24.3 Å². The third-order valence-electron chi connectivity index (χ3n) is 6.26. The third-order valence-corrected chi connectivity index (χ3v) is 6.26. The highest BCUT2D eigenvalue weighted by Gasteiger charge is 2.42. The number of hydrogen-bond donors (Lipinski definition) is 3. The lowest BCUT2D eigenvalue weighted by atomic mass is 9.87. The fourth-order valence-corrected chi connectivity index (χ4v) is 4.06. The monoisotopic (exact) mass is 532 g/mol. The number of carbonyl (C=O) groups excluding carboxylic acids is 5. The van der Waals surface area contributed by atoms with Gasteiger partial charge in [-0.05, 0) is 64.0 Å². The van der Waals surface area contributed by atoms with E-state index in [0.717, 1.165) is 18.4 Å². The number of aryl methyl sites for hydroxylation is 1. The minimum Gasteiger partial charge on any atom is -0.468 e. The Labute approximate surface area is 223 Å². The van der Waals surface area contributed by atoms with Crippen molar-refractivity contribution in [3.05, 3.63) is 35.4 Å². The van der Waals surface area contributed by atoms with Crippen molar-refractivity contribution in [3.63, 3.8) is 0 Å². The first-order valence-electron chi connectivity index (χ1n) is 12.9. The number of hydrogen-bond acceptors (Lipinski definition) is 7. The SMILES string of the molecule is CCc1ccc(C(C(=O)NCC(=O)OC)N(C(=O)C(CCC(N)=O)NC(=O)OC(C)(C)C)C2CCC2)cc1. The van der Waals surface area contributed by atoms with Crippen LogP contribution in [0.25, 0.3) is 0 Å². The number of primary amides is 1. The van der Waals surface area contributed by atoms with E-state index in [1.165, 1.54) is 12.0 Å². The number of nitrogens with two attached hydrogens (primary N) is 1. The van der Waals surface area contributed by atoms with Gasteiger partial charge in [0.15, 0.2) is 0 Å². The number of ether oxygens (including phenoxy) is 2. The molecule has 1 aromatic carbocycles. The highest BCUT2D eigenvalue weighted by atomic mass is 16.6. The van der Waals surface area contributed by atoms with Crippen LogP contribution in [0.4, 0.5) is 4.79 Å². The number of benzene rings is 1. The molecule has 0 spiro atoms. The summed E-state index contributed by atoms with van der Waals surface area (Å²) in [6.45, 7) is 6.71. The van der Waals surface area contributed by atoms with Gasteiger partial charge in [0.2, 0.25) is 17.7 Å². The largest absolute Gasteiger partial charge is 0.468 e. The fourth-order valence-electron chi connectivity index (χ4n) is 4.06. The minimum absolute atomic E-state index is 0.0676. The van der Waals surface area contributed by atoms with E-state index < -0.39 is 47.5 Å². The maximum absolute atomic E-state index is 14.1. The molecular formula is C27H40N4O7. The maximum Gasteiger partial charge on any atom is 0.408 e. The van der Waals surface area contributed by atoms with E-state index in [9.17, 15) is 24.0 Å². The number of nitrogens with zero attached hydrogens (tertiary/aromatic N) is 1. The van der Waals surface area contributed by atoms with E-state index in [0.29, 0.717) is 18.4 Å². The number of esters is 1. The first-order valence-corrected chi connectivity index (χ1v) is 12.9. The van der Waals surface area contributed by atoms with E-state index in [4.69, 9.17) is 10.5 Å². The summed E-state index contributed by atoms with van der Waals surface area (Å²) in [5.41, 5.74) is 6.13. The van der Waals surface area contributed by atoms with Crippen LogP contribution in [-0.2, 0) is 35.1 Å². The van der Waals surface area contributed by atoms with Gasteiger partial charge in [-0.3, -0.25) is 19.2 Å². The molecular weight excluding hydrogens is 492 g/mol. The molecule has 4 N–H and O–H groups in total. The molecule has 1 aliphatic rings. The first-order chi connectivity index (χ1) is 17.9. The molecule has 0 radical (unpaired) electrons. The van der Waals surface area contributed by atoms with Crippen molar-refractivity contribution in [1.29, 1.82) is 0 Å². The van der Waals surface area contributed by atoms with Crippen molar-refractivity contribution >= 4 is 29.8 Å². The van der Waals surface area contributed by atoms with Crippen molar-refractivity contribution < 1.29 is 33.4 Å². The van der Waals surface area contributed by atoms with Gasteiger partial charge in [-0.15, -0.1) is 0 Å². The van der Waals surface area contributed by atoms with Crippen LogP contribution < -0.4 is 16.4 Å². The average Bonchev–Trinajstić information content (AvgIpc) is 2.82. The predicted octanol–water partition coefficient (Wildman–Crippen LogP) is 2.12. The number of rotatable bonds is 12. The van der Waals surface area contributed by atoms with Gasteiger partial charge < -0.3 is 30.7 Å². The molecule has 0 heterocycles. The maximum atomic E-state index is 14.1. The Morgan fingerprint density at radius 2 is 1.74 bits per heavy atom. The van der Waals surface area contributed by atoms with E-state index >= 15 is 0 Å². The number of methoxy groups -OCH3 is 1. The summed E-state index contributed by atoms with van der Waals surface area (Å²) in [4.78, 5) is 64.9. The second kappa shape index (κ2) is 13.8. The molecule has 0 aromatic heterocycles. The number of carbonyl (C=O) groups is 5. The summed E-state index contributed by atoms with van der Waals surface area (Å²) in [6, 6.07) is 4.79. The molecule has 11 heteroatoms. The molecule has 1 aliphatic carbocycles. The summed E-state index contributed by atoms with van der Waals surface area (Å²) in [6.07, 6.45) is 1.93. The second-order valence-electron chi connectivity index (χ2n) is 10.3. The lowest BCUT2D eigenvalue weighted by Crippen LogP contribution is -2.57. The van der Waals surface area contributed by atoms with Crippen molar-refractivity contribution in [1.82, 2.24) is 15.5 Å². The van der Waals surface area contributed by atoms with Gasteiger partial charge in [0, 0.05) is 12.5 Å². The summed E-state index contributed by atoms with van der Waals surface area (Å²) in [7, 11) is 1.21. The molecule has 210 valence electrons. The Bertz CT molecular complexity index is 1000. The molecule has 1 fully saturated rings. The van der Waals surface area contributed by atoms with Gasteiger partial charge in [-0.2, -0.15) is 0 Å². The summed E-state index contributed by atoms with van der Waals surface area (Å²) in [5, 5.41) is 5.14. The summed E-state index contributed by atoms with van der Waals surface area (Å²) < 4.78 is 9.97. The van der Waals surface area contributed by atoms with Crippen LogP contribution in [0.3, 0.4) is 0 Å². The first kappa shape index (κ1) is 30.6. The topological polar surface area (TPSA) is 157 Å². The van der Waals surface area contributed by atoms with Gasteiger partial charge in [0.05, 0.1) is 7.11 Å². The van der Waals surface area contributed by atoms with Gasteiger partial charge >= 0.3 is 12.1 Å². The second-order valence-corrected chi connectivity index (χ2v) is 10.3. The molecule has 2 unspecified atom stereocenters. The van der Waals surface area contributed by atoms with E-state index in [1.54, 1.807) is 32.9 Å². The zero-order valence-corrected chi connectivity index (χ0v) is 22.9.